The van der Waals surface area contributed by atoms with E-state index < -0.39 is 17.4 Å². The first kappa shape index (κ1) is 22.4. The van der Waals surface area contributed by atoms with Gasteiger partial charge in [0.1, 0.15) is 17.8 Å². The highest BCUT2D eigenvalue weighted by Gasteiger charge is 2.28. The number of benzene rings is 1. The number of ether oxygens (including phenoxy) is 1. The van der Waals surface area contributed by atoms with E-state index in [0.29, 0.717) is 35.4 Å². The summed E-state index contributed by atoms with van der Waals surface area (Å²) in [6, 6.07) is 6.48. The molecule has 35 heavy (non-hydrogen) atoms. The summed E-state index contributed by atoms with van der Waals surface area (Å²) < 4.78 is 34.9. The van der Waals surface area contributed by atoms with Crippen molar-refractivity contribution >= 4 is 22.8 Å². The number of nitrogens with two attached hydrogens (primary N) is 1. The Hall–Kier alpha value is -4.41. The van der Waals surface area contributed by atoms with Crippen LogP contribution in [0.5, 0.6) is 11.6 Å². The first-order valence-corrected chi connectivity index (χ1v) is 10.9. The van der Waals surface area contributed by atoms with Crippen LogP contribution in [0.3, 0.4) is 0 Å². The minimum Gasteiger partial charge on any atom is -0.433 e. The predicted molar refractivity (Wildman–Crippen MR) is 124 cm³/mol. The van der Waals surface area contributed by atoms with Gasteiger partial charge in [0.05, 0.1) is 11.4 Å². The van der Waals surface area contributed by atoms with Crippen molar-refractivity contribution in [2.24, 2.45) is 0 Å². The lowest BCUT2D eigenvalue weighted by Gasteiger charge is -2.32. The molecule has 0 unspecified atom stereocenters. The lowest BCUT2D eigenvalue weighted by molar-refractivity contribution is -0.127. The number of amides is 1. The highest BCUT2D eigenvalue weighted by molar-refractivity contribution is 5.98. The zero-order valence-electron chi connectivity index (χ0n) is 18.6. The first-order chi connectivity index (χ1) is 17.0. The van der Waals surface area contributed by atoms with Crippen LogP contribution in [0.1, 0.15) is 18.9 Å². The summed E-state index contributed by atoms with van der Waals surface area (Å²) in [7, 11) is 0. The maximum absolute atomic E-state index is 13.9. The number of pyridine rings is 1. The first-order valence-electron chi connectivity index (χ1n) is 10.9. The number of likely N-dealkylation sites (tertiary alicyclic amines) is 1. The topological polar surface area (TPSA) is 112 Å². The average molecular weight is 477 g/mol. The summed E-state index contributed by atoms with van der Waals surface area (Å²) >= 11 is 0. The molecule has 178 valence electrons. The molecule has 0 saturated carbocycles. The van der Waals surface area contributed by atoms with E-state index in [2.05, 4.69) is 21.5 Å². The van der Waals surface area contributed by atoms with E-state index in [1.165, 1.54) is 30.7 Å². The second kappa shape index (κ2) is 9.09. The minimum atomic E-state index is -0.831. The van der Waals surface area contributed by atoms with Crippen LogP contribution >= 0.6 is 0 Å². The Bertz CT molecular complexity index is 1400. The molecule has 0 bridgehead atoms. The molecule has 1 aromatic carbocycles. The molecule has 1 aliphatic heterocycles. The monoisotopic (exact) mass is 477 g/mol. The largest absolute Gasteiger partial charge is 0.433 e. The molecule has 0 radical (unpaired) electrons. The van der Waals surface area contributed by atoms with Crippen molar-refractivity contribution in [1.29, 1.82) is 0 Å². The number of aromatic nitrogens is 5. The fourth-order valence-electron chi connectivity index (χ4n) is 4.20. The number of hydrogen-bond acceptors (Lipinski definition) is 7. The van der Waals surface area contributed by atoms with Gasteiger partial charge in [-0.3, -0.25) is 4.79 Å². The molecular weight excluding hydrogens is 456 g/mol. The van der Waals surface area contributed by atoms with Crippen molar-refractivity contribution < 1.29 is 18.3 Å². The second-order valence-electron chi connectivity index (χ2n) is 8.07. The molecule has 4 aromatic rings. The molecule has 4 heterocycles. The maximum atomic E-state index is 13.9. The third-order valence-electron chi connectivity index (χ3n) is 5.88. The Morgan fingerprint density at radius 1 is 1.17 bits per heavy atom. The molecule has 5 rings (SSSR count). The molecule has 1 aliphatic rings. The van der Waals surface area contributed by atoms with Crippen LogP contribution in [0.4, 0.5) is 14.6 Å². The summed E-state index contributed by atoms with van der Waals surface area (Å²) in [6.45, 7) is 4.69. The number of carbonyl (C=O) groups excluding carboxylic acids is 1. The third kappa shape index (κ3) is 4.16. The lowest BCUT2D eigenvalue weighted by Crippen LogP contribution is -2.40. The van der Waals surface area contributed by atoms with E-state index in [-0.39, 0.29) is 23.6 Å². The number of anilines is 1. The lowest BCUT2D eigenvalue weighted by atomic mass is 10.1. The van der Waals surface area contributed by atoms with Crippen LogP contribution in [0.25, 0.3) is 22.3 Å². The smallest absolute Gasteiger partial charge is 0.246 e. The number of halogens is 2. The van der Waals surface area contributed by atoms with Gasteiger partial charge in [-0.1, -0.05) is 12.6 Å². The molecule has 3 aromatic heterocycles. The fourth-order valence-corrected chi connectivity index (χ4v) is 4.20. The van der Waals surface area contributed by atoms with E-state index in [1.807, 2.05) is 0 Å². The molecule has 1 atom stereocenters. The van der Waals surface area contributed by atoms with Gasteiger partial charge in [0.25, 0.3) is 0 Å². The molecule has 9 nitrogen and oxygen atoms in total. The summed E-state index contributed by atoms with van der Waals surface area (Å²) in [6.07, 6.45) is 5.76. The standard InChI is InChI=1S/C24H21F2N7O2/c1-2-19(34)32-10-4-5-15(12-32)33-24-20(23(27)29-13-30-24)21(31-33)14-8-9-18(28-11-14)35-22-16(25)6-3-7-17(22)26/h2-3,6-9,11,13,15H,1,4-5,10,12H2,(H2,27,29,30)/t15-/m1/s1. The SMILES string of the molecule is C=CC(=O)N1CCC[C@@H](n2nc(-c3ccc(Oc4c(F)cccc4F)nc3)c3c(N)ncnc32)C1. The maximum Gasteiger partial charge on any atom is 0.246 e. The third-order valence-corrected chi connectivity index (χ3v) is 5.88. The summed E-state index contributed by atoms with van der Waals surface area (Å²) in [4.78, 5) is 26.6. The van der Waals surface area contributed by atoms with Gasteiger partial charge in [0.15, 0.2) is 17.3 Å². The Balaban J connectivity index is 1.50. The van der Waals surface area contributed by atoms with Gasteiger partial charge in [0.2, 0.25) is 17.5 Å². The van der Waals surface area contributed by atoms with Crippen molar-refractivity contribution in [2.75, 3.05) is 18.8 Å². The Morgan fingerprint density at radius 3 is 2.69 bits per heavy atom. The number of hydrogen-bond donors (Lipinski definition) is 1. The van der Waals surface area contributed by atoms with Gasteiger partial charge < -0.3 is 15.4 Å². The van der Waals surface area contributed by atoms with Gasteiger partial charge in [-0.2, -0.15) is 5.10 Å². The van der Waals surface area contributed by atoms with Gasteiger partial charge >= 0.3 is 0 Å². The van der Waals surface area contributed by atoms with E-state index in [4.69, 9.17) is 15.6 Å². The Kier molecular flexibility index (Phi) is 5.81. The van der Waals surface area contributed by atoms with Crippen molar-refractivity contribution in [3.05, 3.63) is 67.1 Å². The fraction of sp³-hybridized carbons (Fsp3) is 0.208. The van der Waals surface area contributed by atoms with Crippen LogP contribution in [-0.4, -0.2) is 48.6 Å². The average Bonchev–Trinajstić information content (AvgIpc) is 3.27. The van der Waals surface area contributed by atoms with Crippen LogP contribution in [0.2, 0.25) is 0 Å². The van der Waals surface area contributed by atoms with Crippen LogP contribution in [0.15, 0.2) is 55.5 Å². The molecule has 1 fully saturated rings. The molecule has 1 saturated heterocycles. The van der Waals surface area contributed by atoms with E-state index in [0.717, 1.165) is 25.0 Å². The molecule has 1 amide bonds. The number of nitrogen functional groups attached to an aromatic ring is 1. The second-order valence-corrected chi connectivity index (χ2v) is 8.07. The molecular formula is C24H21F2N7O2. The summed E-state index contributed by atoms with van der Waals surface area (Å²) in [5.74, 6) is -2.07. The van der Waals surface area contributed by atoms with E-state index in [9.17, 15) is 13.6 Å². The zero-order valence-corrected chi connectivity index (χ0v) is 18.6. The Morgan fingerprint density at radius 2 is 1.97 bits per heavy atom. The Labute approximate surface area is 198 Å². The quantitative estimate of drug-likeness (QED) is 0.434. The normalized spacial score (nSPS) is 15.8. The molecule has 11 heteroatoms. The van der Waals surface area contributed by atoms with Crippen LogP contribution < -0.4 is 10.5 Å². The summed E-state index contributed by atoms with van der Waals surface area (Å²) in [5.41, 5.74) is 7.82. The zero-order chi connectivity index (χ0) is 24.5. The molecule has 0 aliphatic carbocycles. The number of piperidine rings is 1. The highest BCUT2D eigenvalue weighted by Crippen LogP contribution is 2.34. The molecule has 0 spiro atoms. The minimum absolute atomic E-state index is 0.0107. The van der Waals surface area contributed by atoms with Gasteiger partial charge in [-0.05, 0) is 37.1 Å². The predicted octanol–water partition coefficient (Wildman–Crippen LogP) is 3.89. The van der Waals surface area contributed by atoms with Crippen molar-refractivity contribution in [1.82, 2.24) is 29.6 Å². The van der Waals surface area contributed by atoms with Crippen molar-refractivity contribution in [3.63, 3.8) is 0 Å². The van der Waals surface area contributed by atoms with E-state index in [1.54, 1.807) is 15.6 Å². The number of para-hydroxylation sites is 1. The van der Waals surface area contributed by atoms with Crippen LogP contribution in [0, 0.1) is 11.6 Å². The number of nitrogens with zero attached hydrogens (tertiary/aromatic N) is 6. The van der Waals surface area contributed by atoms with Crippen LogP contribution in [-0.2, 0) is 4.79 Å². The van der Waals surface area contributed by atoms with Gasteiger partial charge in [-0.15, -0.1) is 0 Å². The van der Waals surface area contributed by atoms with Gasteiger partial charge in [0, 0.05) is 30.9 Å². The number of carbonyl (C=O) groups is 1. The van der Waals surface area contributed by atoms with E-state index >= 15 is 0 Å². The highest BCUT2D eigenvalue weighted by atomic mass is 19.1. The van der Waals surface area contributed by atoms with Crippen molar-refractivity contribution in [3.8, 4) is 22.9 Å². The number of fused-ring (bicyclic) bond motifs is 1. The van der Waals surface area contributed by atoms with Crippen molar-refractivity contribution in [2.45, 2.75) is 18.9 Å². The number of rotatable bonds is 5. The molecule has 2 N–H and O–H groups in total. The van der Waals surface area contributed by atoms with Gasteiger partial charge in [-0.25, -0.2) is 28.4 Å². The summed E-state index contributed by atoms with van der Waals surface area (Å²) in [5, 5.41) is 5.33.